The zero-order valence-electron chi connectivity index (χ0n) is 10.4. The molecule has 0 saturated heterocycles. The normalized spacial score (nSPS) is 13.7. The highest BCUT2D eigenvalue weighted by Gasteiger charge is 2.07. The molecule has 2 heteroatoms. The van der Waals surface area contributed by atoms with Crippen LogP contribution in [0.15, 0.2) is 40.3 Å². The molecule has 0 radical (unpaired) electrons. The fourth-order valence-electron chi connectivity index (χ4n) is 1.24. The van der Waals surface area contributed by atoms with Crippen LogP contribution < -0.4 is 0 Å². The van der Waals surface area contributed by atoms with Crippen molar-refractivity contribution in [1.29, 1.82) is 0 Å². The van der Waals surface area contributed by atoms with Crippen molar-refractivity contribution in [3.63, 3.8) is 0 Å². The Balaban J connectivity index is 0.000000280. The molecule has 0 fully saturated rings. The number of benzene rings is 1. The number of hydrogen-bond acceptors (Lipinski definition) is 2. The second kappa shape index (κ2) is 6.94. The summed E-state index contributed by atoms with van der Waals surface area (Å²) in [5.41, 5.74) is 2.26. The highest BCUT2D eigenvalue weighted by atomic mass is 15.0. The fraction of sp³-hybridized carbons (Fsp3) is 0.429. The largest absolute Gasteiger partial charge is 0.264 e. The summed E-state index contributed by atoms with van der Waals surface area (Å²) in [4.78, 5) is 8.53. The zero-order valence-corrected chi connectivity index (χ0v) is 10.4. The Morgan fingerprint density at radius 1 is 1.06 bits per heavy atom. The number of amidine groups is 1. The van der Waals surface area contributed by atoms with E-state index in [2.05, 4.69) is 36.0 Å². The maximum absolute atomic E-state index is 4.33. The van der Waals surface area contributed by atoms with Gasteiger partial charge in [-0.1, -0.05) is 57.0 Å². The Labute approximate surface area is 98.1 Å². The van der Waals surface area contributed by atoms with E-state index in [9.17, 15) is 0 Å². The molecule has 1 heterocycles. The monoisotopic (exact) mass is 216 g/mol. The van der Waals surface area contributed by atoms with Crippen molar-refractivity contribution in [2.45, 2.75) is 33.6 Å². The van der Waals surface area contributed by atoms with Crippen LogP contribution in [0.3, 0.4) is 0 Å². The molecule has 0 amide bonds. The molecule has 0 atom stereocenters. The summed E-state index contributed by atoms with van der Waals surface area (Å²) in [6.45, 7) is 7.02. The molecule has 1 aliphatic rings. The topological polar surface area (TPSA) is 24.7 Å². The first-order valence-electron chi connectivity index (χ1n) is 5.92. The van der Waals surface area contributed by atoms with Crippen molar-refractivity contribution in [3.8, 4) is 0 Å². The van der Waals surface area contributed by atoms with Crippen molar-refractivity contribution in [2.75, 3.05) is 6.54 Å². The standard InChI is InChI=1S/C10H10N2.C4H10/c1-8-11-7-10(12-8)9-5-3-2-4-6-9;1-3-4-2/h2-6H,7H2,1H3;3-4H2,1-2H3. The SMILES string of the molecule is CC1=NCC(c2ccccc2)=N1.CCCC. The Hall–Kier alpha value is -1.44. The van der Waals surface area contributed by atoms with Gasteiger partial charge in [0.1, 0.15) is 5.84 Å². The molecule has 1 aromatic carbocycles. The number of hydrogen-bond donors (Lipinski definition) is 0. The Bertz CT molecular complexity index is 362. The lowest BCUT2D eigenvalue weighted by atomic mass is 10.1. The molecule has 0 saturated carbocycles. The van der Waals surface area contributed by atoms with Gasteiger partial charge in [-0.3, -0.25) is 4.99 Å². The summed E-state index contributed by atoms with van der Waals surface area (Å²) in [5, 5.41) is 0. The molecule has 0 N–H and O–H groups in total. The van der Waals surface area contributed by atoms with E-state index in [1.807, 2.05) is 25.1 Å². The van der Waals surface area contributed by atoms with Crippen LogP contribution in [0.25, 0.3) is 0 Å². The van der Waals surface area contributed by atoms with Gasteiger partial charge >= 0.3 is 0 Å². The number of aliphatic imine (C=N–C) groups is 2. The predicted molar refractivity (Wildman–Crippen MR) is 71.5 cm³/mol. The smallest absolute Gasteiger partial charge is 0.120 e. The third kappa shape index (κ3) is 3.97. The molecular weight excluding hydrogens is 196 g/mol. The minimum absolute atomic E-state index is 0.732. The maximum Gasteiger partial charge on any atom is 0.120 e. The Morgan fingerprint density at radius 2 is 1.69 bits per heavy atom. The summed E-state index contributed by atoms with van der Waals surface area (Å²) in [7, 11) is 0. The number of rotatable bonds is 2. The van der Waals surface area contributed by atoms with Crippen molar-refractivity contribution in [1.82, 2.24) is 0 Å². The molecule has 1 aliphatic heterocycles. The lowest BCUT2D eigenvalue weighted by molar-refractivity contribution is 0.886. The summed E-state index contributed by atoms with van der Waals surface area (Å²) in [5.74, 6) is 0.883. The van der Waals surface area contributed by atoms with Crippen molar-refractivity contribution >= 4 is 11.5 Å². The van der Waals surface area contributed by atoms with E-state index < -0.39 is 0 Å². The Morgan fingerprint density at radius 3 is 2.12 bits per heavy atom. The van der Waals surface area contributed by atoms with Crippen LogP contribution in [0.4, 0.5) is 0 Å². The fourth-order valence-corrected chi connectivity index (χ4v) is 1.24. The van der Waals surface area contributed by atoms with Crippen LogP contribution >= 0.6 is 0 Å². The molecule has 0 unspecified atom stereocenters. The van der Waals surface area contributed by atoms with Crippen LogP contribution in [-0.2, 0) is 0 Å². The summed E-state index contributed by atoms with van der Waals surface area (Å²) < 4.78 is 0. The van der Waals surface area contributed by atoms with Gasteiger partial charge in [-0.2, -0.15) is 0 Å². The minimum Gasteiger partial charge on any atom is -0.264 e. The predicted octanol–water partition coefficient (Wildman–Crippen LogP) is 3.71. The summed E-state index contributed by atoms with van der Waals surface area (Å²) >= 11 is 0. The van der Waals surface area contributed by atoms with Crippen LogP contribution in [0.5, 0.6) is 0 Å². The molecule has 86 valence electrons. The maximum atomic E-state index is 4.33. The van der Waals surface area contributed by atoms with Gasteiger partial charge in [-0.25, -0.2) is 4.99 Å². The third-order valence-corrected chi connectivity index (χ3v) is 2.36. The van der Waals surface area contributed by atoms with E-state index in [1.54, 1.807) is 0 Å². The van der Waals surface area contributed by atoms with Gasteiger partial charge in [-0.05, 0) is 12.5 Å². The van der Waals surface area contributed by atoms with E-state index in [0.717, 1.165) is 18.1 Å². The molecule has 1 aromatic rings. The van der Waals surface area contributed by atoms with Crippen LogP contribution in [0.1, 0.15) is 39.2 Å². The molecule has 2 rings (SSSR count). The highest BCUT2D eigenvalue weighted by molar-refractivity contribution is 6.11. The van der Waals surface area contributed by atoms with E-state index in [4.69, 9.17) is 0 Å². The minimum atomic E-state index is 0.732. The zero-order chi connectivity index (χ0) is 11.8. The van der Waals surface area contributed by atoms with Gasteiger partial charge in [0, 0.05) is 0 Å². The van der Waals surface area contributed by atoms with Gasteiger partial charge in [0.25, 0.3) is 0 Å². The number of nitrogens with zero attached hydrogens (tertiary/aromatic N) is 2. The molecule has 0 aliphatic carbocycles. The first-order valence-corrected chi connectivity index (χ1v) is 5.92. The number of unbranched alkanes of at least 4 members (excludes halogenated alkanes) is 1. The summed E-state index contributed by atoms with van der Waals surface area (Å²) in [6.07, 6.45) is 2.64. The first kappa shape index (κ1) is 12.6. The molecule has 0 spiro atoms. The van der Waals surface area contributed by atoms with Crippen molar-refractivity contribution in [2.24, 2.45) is 9.98 Å². The van der Waals surface area contributed by atoms with Crippen molar-refractivity contribution in [3.05, 3.63) is 35.9 Å². The average molecular weight is 216 g/mol. The van der Waals surface area contributed by atoms with Gasteiger partial charge in [0.2, 0.25) is 0 Å². The van der Waals surface area contributed by atoms with Crippen molar-refractivity contribution < 1.29 is 0 Å². The highest BCUT2D eigenvalue weighted by Crippen LogP contribution is 2.06. The summed E-state index contributed by atoms with van der Waals surface area (Å²) in [6, 6.07) is 10.2. The molecule has 0 bridgehead atoms. The van der Waals surface area contributed by atoms with Crippen LogP contribution in [-0.4, -0.2) is 18.1 Å². The van der Waals surface area contributed by atoms with Gasteiger partial charge in [-0.15, -0.1) is 0 Å². The second-order valence-corrected chi connectivity index (χ2v) is 3.79. The van der Waals surface area contributed by atoms with Gasteiger partial charge in [0.05, 0.1) is 12.3 Å². The molecule has 2 nitrogen and oxygen atoms in total. The van der Waals surface area contributed by atoms with E-state index in [1.165, 1.54) is 18.4 Å². The average Bonchev–Trinajstić information content (AvgIpc) is 2.77. The van der Waals surface area contributed by atoms with Crippen LogP contribution in [0, 0.1) is 0 Å². The van der Waals surface area contributed by atoms with Gasteiger partial charge in [0.15, 0.2) is 0 Å². The lowest BCUT2D eigenvalue weighted by Gasteiger charge is -1.96. The lowest BCUT2D eigenvalue weighted by Crippen LogP contribution is -2.00. The van der Waals surface area contributed by atoms with E-state index in [-0.39, 0.29) is 0 Å². The molecule has 16 heavy (non-hydrogen) atoms. The van der Waals surface area contributed by atoms with E-state index >= 15 is 0 Å². The quantitative estimate of drug-likeness (QED) is 0.720. The molecule has 0 aromatic heterocycles. The third-order valence-electron chi connectivity index (χ3n) is 2.36. The second-order valence-electron chi connectivity index (χ2n) is 3.79. The Kier molecular flexibility index (Phi) is 5.48. The molecular formula is C14H20N2. The van der Waals surface area contributed by atoms with Crippen LogP contribution in [0.2, 0.25) is 0 Å². The van der Waals surface area contributed by atoms with Gasteiger partial charge < -0.3 is 0 Å². The first-order chi connectivity index (χ1) is 7.77. The van der Waals surface area contributed by atoms with E-state index in [0.29, 0.717) is 0 Å².